The monoisotopic (exact) mass is 311 g/mol. The summed E-state index contributed by atoms with van der Waals surface area (Å²) in [7, 11) is 0. The van der Waals surface area contributed by atoms with E-state index in [2.05, 4.69) is 10.2 Å². The number of rotatable bonds is 1. The van der Waals surface area contributed by atoms with E-state index in [0.29, 0.717) is 37.0 Å². The number of nitrogens with zero attached hydrogens (tertiary/aromatic N) is 2. The molecule has 0 unspecified atom stereocenters. The van der Waals surface area contributed by atoms with E-state index in [1.807, 2.05) is 0 Å². The van der Waals surface area contributed by atoms with Crippen LogP contribution < -0.4 is 0 Å². The zero-order valence-electron chi connectivity index (χ0n) is 12.1. The smallest absolute Gasteiger partial charge is 0.343 e. The van der Waals surface area contributed by atoms with Crippen molar-refractivity contribution in [3.05, 3.63) is 29.5 Å². The largest absolute Gasteiger partial charge is 0.416 e. The lowest BCUT2D eigenvalue weighted by Crippen LogP contribution is -2.36. The normalized spacial score (nSPS) is 17.2. The van der Waals surface area contributed by atoms with Gasteiger partial charge in [0.05, 0.1) is 17.3 Å². The molecule has 0 aliphatic carbocycles. The minimum atomic E-state index is -4.38. The van der Waals surface area contributed by atoms with Gasteiger partial charge in [0.15, 0.2) is 0 Å². The molecule has 118 valence electrons. The summed E-state index contributed by atoms with van der Waals surface area (Å²) in [6, 6.07) is 2.32. The minimum Gasteiger partial charge on any atom is -0.343 e. The van der Waals surface area contributed by atoms with Gasteiger partial charge < -0.3 is 4.90 Å². The zero-order valence-corrected chi connectivity index (χ0v) is 12.1. The molecule has 2 aromatic rings. The number of H-pyrrole nitrogens is 1. The number of carbonyl (C=O) groups excluding carboxylic acids is 1. The highest BCUT2D eigenvalue weighted by Gasteiger charge is 2.33. The van der Waals surface area contributed by atoms with E-state index < -0.39 is 11.7 Å². The number of fused-ring (bicyclic) bond motifs is 1. The number of benzene rings is 1. The van der Waals surface area contributed by atoms with Crippen molar-refractivity contribution in [3.63, 3.8) is 0 Å². The summed E-state index contributed by atoms with van der Waals surface area (Å²) in [4.78, 5) is 13.1. The fourth-order valence-electron chi connectivity index (χ4n) is 3.09. The Hall–Kier alpha value is -2.05. The molecule has 1 N–H and O–H groups in total. The van der Waals surface area contributed by atoms with Crippen LogP contribution in [0.1, 0.15) is 36.8 Å². The van der Waals surface area contributed by atoms with E-state index in [0.717, 1.165) is 11.5 Å². The van der Waals surface area contributed by atoms with E-state index >= 15 is 0 Å². The molecule has 0 bridgehead atoms. The number of piperidine rings is 1. The molecule has 1 saturated heterocycles. The topological polar surface area (TPSA) is 49.0 Å². The number of hydrogen-bond donors (Lipinski definition) is 1. The Labute approximate surface area is 125 Å². The van der Waals surface area contributed by atoms with Crippen LogP contribution in [0.15, 0.2) is 18.3 Å². The third-order valence-electron chi connectivity index (χ3n) is 4.30. The van der Waals surface area contributed by atoms with E-state index in [4.69, 9.17) is 0 Å². The highest BCUT2D eigenvalue weighted by molar-refractivity contribution is 5.83. The number of halogens is 3. The number of hydrogen-bond acceptors (Lipinski definition) is 2. The average Bonchev–Trinajstić information content (AvgIpc) is 2.93. The van der Waals surface area contributed by atoms with Crippen LogP contribution >= 0.6 is 0 Å². The maximum Gasteiger partial charge on any atom is 0.416 e. The average molecular weight is 311 g/mol. The Balaban J connectivity index is 1.96. The first-order chi connectivity index (χ1) is 10.4. The molecule has 1 fully saturated rings. The van der Waals surface area contributed by atoms with Crippen molar-refractivity contribution in [2.24, 2.45) is 0 Å². The number of likely N-dealkylation sites (tertiary alicyclic amines) is 1. The van der Waals surface area contributed by atoms with Gasteiger partial charge in [0, 0.05) is 25.4 Å². The Morgan fingerprint density at radius 3 is 2.59 bits per heavy atom. The van der Waals surface area contributed by atoms with Crippen molar-refractivity contribution in [1.82, 2.24) is 15.1 Å². The molecule has 1 aliphatic heterocycles. The molecule has 1 aromatic heterocycles. The van der Waals surface area contributed by atoms with Crippen LogP contribution in [-0.4, -0.2) is 34.1 Å². The highest BCUT2D eigenvalue weighted by atomic mass is 19.4. The maximum absolute atomic E-state index is 13.0. The fourth-order valence-corrected chi connectivity index (χ4v) is 3.09. The van der Waals surface area contributed by atoms with Crippen LogP contribution in [0.25, 0.3) is 10.9 Å². The van der Waals surface area contributed by atoms with Gasteiger partial charge in [-0.3, -0.25) is 9.89 Å². The van der Waals surface area contributed by atoms with Gasteiger partial charge in [0.25, 0.3) is 0 Å². The summed E-state index contributed by atoms with van der Waals surface area (Å²) in [5.41, 5.74) is 0.411. The second-order valence-electron chi connectivity index (χ2n) is 5.67. The molecule has 1 amide bonds. The van der Waals surface area contributed by atoms with Crippen LogP contribution in [0, 0.1) is 0 Å². The summed E-state index contributed by atoms with van der Waals surface area (Å²) in [6.45, 7) is 2.67. The van der Waals surface area contributed by atoms with Crippen molar-refractivity contribution in [1.29, 1.82) is 0 Å². The van der Waals surface area contributed by atoms with Gasteiger partial charge in [0.1, 0.15) is 0 Å². The summed E-state index contributed by atoms with van der Waals surface area (Å²) < 4.78 is 39.1. The summed E-state index contributed by atoms with van der Waals surface area (Å²) in [5.74, 6) is 0.0222. The van der Waals surface area contributed by atoms with Crippen molar-refractivity contribution >= 4 is 16.8 Å². The van der Waals surface area contributed by atoms with Crippen molar-refractivity contribution in [2.75, 3.05) is 13.1 Å². The lowest BCUT2D eigenvalue weighted by Gasteiger charge is -2.32. The zero-order chi connectivity index (χ0) is 15.9. The first-order valence-corrected chi connectivity index (χ1v) is 7.16. The molecule has 7 heteroatoms. The van der Waals surface area contributed by atoms with Gasteiger partial charge in [-0.05, 0) is 36.5 Å². The molecule has 1 aromatic carbocycles. The molecule has 4 nitrogen and oxygen atoms in total. The second-order valence-corrected chi connectivity index (χ2v) is 5.67. The Kier molecular flexibility index (Phi) is 3.58. The third-order valence-corrected chi connectivity index (χ3v) is 4.30. The third kappa shape index (κ3) is 2.67. The summed E-state index contributed by atoms with van der Waals surface area (Å²) in [5, 5.41) is 7.22. The van der Waals surface area contributed by atoms with E-state index in [-0.39, 0.29) is 11.8 Å². The predicted octanol–water partition coefficient (Wildman–Crippen LogP) is 3.31. The molecule has 0 atom stereocenters. The van der Waals surface area contributed by atoms with E-state index in [1.165, 1.54) is 13.0 Å². The number of carbonyl (C=O) groups is 1. The van der Waals surface area contributed by atoms with Crippen LogP contribution in [0.2, 0.25) is 0 Å². The van der Waals surface area contributed by atoms with Crippen molar-refractivity contribution < 1.29 is 18.0 Å². The highest BCUT2D eigenvalue weighted by Crippen LogP contribution is 2.38. The predicted molar refractivity (Wildman–Crippen MR) is 75.3 cm³/mol. The van der Waals surface area contributed by atoms with E-state index in [9.17, 15) is 18.0 Å². The van der Waals surface area contributed by atoms with Gasteiger partial charge in [-0.15, -0.1) is 0 Å². The summed E-state index contributed by atoms with van der Waals surface area (Å²) >= 11 is 0. The molecule has 2 heterocycles. The van der Waals surface area contributed by atoms with Crippen molar-refractivity contribution in [3.8, 4) is 0 Å². The lowest BCUT2D eigenvalue weighted by atomic mass is 9.86. The summed E-state index contributed by atoms with van der Waals surface area (Å²) in [6.07, 6.45) is -1.47. The Morgan fingerprint density at radius 2 is 2.00 bits per heavy atom. The van der Waals surface area contributed by atoms with Crippen LogP contribution in [0.3, 0.4) is 0 Å². The van der Waals surface area contributed by atoms with Crippen LogP contribution in [0.4, 0.5) is 13.2 Å². The molecule has 1 aliphatic rings. The molecule has 0 saturated carbocycles. The minimum absolute atomic E-state index is 0.0101. The first kappa shape index (κ1) is 14.9. The molecular formula is C15H16F3N3O. The van der Waals surface area contributed by atoms with Crippen LogP contribution in [0.5, 0.6) is 0 Å². The quantitative estimate of drug-likeness (QED) is 0.878. The first-order valence-electron chi connectivity index (χ1n) is 7.16. The van der Waals surface area contributed by atoms with Crippen LogP contribution in [-0.2, 0) is 11.0 Å². The maximum atomic E-state index is 13.0. The number of amides is 1. The van der Waals surface area contributed by atoms with Gasteiger partial charge in [-0.25, -0.2) is 0 Å². The van der Waals surface area contributed by atoms with Gasteiger partial charge >= 0.3 is 6.18 Å². The molecule has 0 radical (unpaired) electrons. The SMILES string of the molecule is CC(=O)N1CCC(c2cc(C(F)(F)F)cc3[nH]ncc23)CC1. The van der Waals surface area contributed by atoms with Gasteiger partial charge in [-0.2, -0.15) is 18.3 Å². The molecular weight excluding hydrogens is 295 g/mol. The second kappa shape index (κ2) is 5.30. The lowest BCUT2D eigenvalue weighted by molar-refractivity contribution is -0.137. The standard InChI is InChI=1S/C15H16F3N3O/c1-9(22)21-4-2-10(3-5-21)12-6-11(15(16,17)18)7-14-13(12)8-19-20-14/h6-8,10H,2-5H2,1H3,(H,19,20). The molecule has 22 heavy (non-hydrogen) atoms. The number of aromatic amines is 1. The van der Waals surface area contributed by atoms with Crippen molar-refractivity contribution in [2.45, 2.75) is 31.9 Å². The number of aromatic nitrogens is 2. The fraction of sp³-hybridized carbons (Fsp3) is 0.467. The number of alkyl halides is 3. The van der Waals surface area contributed by atoms with Gasteiger partial charge in [-0.1, -0.05) is 0 Å². The Morgan fingerprint density at radius 1 is 1.32 bits per heavy atom. The molecule has 3 rings (SSSR count). The number of nitrogens with one attached hydrogen (secondary N) is 1. The molecule has 0 spiro atoms. The van der Waals surface area contributed by atoms with E-state index in [1.54, 1.807) is 11.1 Å². The Bertz CT molecular complexity index is 700. The van der Waals surface area contributed by atoms with Gasteiger partial charge in [0.2, 0.25) is 5.91 Å².